The summed E-state index contributed by atoms with van der Waals surface area (Å²) >= 11 is 1.43. The first-order chi connectivity index (χ1) is 12.7. The van der Waals surface area contributed by atoms with Crippen LogP contribution in [0.5, 0.6) is 11.8 Å². The van der Waals surface area contributed by atoms with Crippen LogP contribution in [0.3, 0.4) is 0 Å². The molecule has 8 heteroatoms. The maximum absolute atomic E-state index is 12.8. The fourth-order valence-electron chi connectivity index (χ4n) is 2.97. The van der Waals surface area contributed by atoms with Crippen LogP contribution in [-0.2, 0) is 0 Å². The number of nitrogens with zero attached hydrogens (tertiary/aromatic N) is 4. The molecule has 1 fully saturated rings. The number of methoxy groups -OCH3 is 1. The number of amides is 1. The second kappa shape index (κ2) is 7.25. The van der Waals surface area contributed by atoms with Crippen molar-refractivity contribution in [2.75, 3.05) is 20.2 Å². The Balaban J connectivity index is 1.44. The van der Waals surface area contributed by atoms with Crippen molar-refractivity contribution in [3.8, 4) is 11.8 Å². The number of likely N-dealkylation sites (tertiary alicyclic amines) is 1. The third-order valence-electron chi connectivity index (χ3n) is 4.25. The molecule has 1 aromatic carbocycles. The smallest absolute Gasteiger partial charge is 0.282 e. The van der Waals surface area contributed by atoms with Gasteiger partial charge in [-0.3, -0.25) is 4.79 Å². The Morgan fingerprint density at radius 3 is 2.77 bits per heavy atom. The lowest BCUT2D eigenvalue weighted by molar-refractivity contribution is 0.0525. The van der Waals surface area contributed by atoms with E-state index in [9.17, 15) is 4.79 Å². The summed E-state index contributed by atoms with van der Waals surface area (Å²) in [5, 5.41) is 8.42. The van der Waals surface area contributed by atoms with Crippen molar-refractivity contribution in [2.45, 2.75) is 18.9 Å². The molecule has 1 aliphatic heterocycles. The molecule has 0 radical (unpaired) electrons. The van der Waals surface area contributed by atoms with E-state index in [1.807, 2.05) is 29.2 Å². The number of carbonyl (C=O) groups excluding carboxylic acids is 1. The number of rotatable bonds is 4. The van der Waals surface area contributed by atoms with Crippen LogP contribution in [0.15, 0.2) is 36.4 Å². The average Bonchev–Trinajstić information content (AvgIpc) is 3.12. The highest BCUT2D eigenvalue weighted by molar-refractivity contribution is 7.20. The second-order valence-electron chi connectivity index (χ2n) is 6.03. The maximum atomic E-state index is 12.8. The first kappa shape index (κ1) is 16.7. The molecule has 2 aromatic heterocycles. The molecule has 4 rings (SSSR count). The highest BCUT2D eigenvalue weighted by atomic mass is 32.1. The van der Waals surface area contributed by atoms with Crippen LogP contribution in [0.1, 0.15) is 22.6 Å². The molecule has 0 N–H and O–H groups in total. The van der Waals surface area contributed by atoms with Gasteiger partial charge < -0.3 is 14.4 Å². The van der Waals surface area contributed by atoms with Crippen molar-refractivity contribution < 1.29 is 14.3 Å². The molecule has 1 saturated heterocycles. The van der Waals surface area contributed by atoms with Crippen molar-refractivity contribution in [3.63, 3.8) is 0 Å². The molecule has 0 bridgehead atoms. The molecule has 1 unspecified atom stereocenters. The Morgan fingerprint density at radius 1 is 1.19 bits per heavy atom. The van der Waals surface area contributed by atoms with Crippen LogP contribution >= 0.6 is 11.3 Å². The molecule has 1 aliphatic rings. The summed E-state index contributed by atoms with van der Waals surface area (Å²) in [6, 6.07) is 11.2. The molecular weight excluding hydrogens is 352 g/mol. The van der Waals surface area contributed by atoms with Gasteiger partial charge >= 0.3 is 0 Å². The standard InChI is InChI=1S/C18H18N4O3S/c1-24-15-8-9-16(21-20-15)25-12-5-4-10-22(11-12)18(23)17-19-13-6-2-3-7-14(13)26-17/h2-3,6-9,12H,4-5,10-11H2,1H3. The summed E-state index contributed by atoms with van der Waals surface area (Å²) in [5.41, 5.74) is 0.860. The minimum Gasteiger partial charge on any atom is -0.480 e. The van der Waals surface area contributed by atoms with E-state index in [0.29, 0.717) is 29.9 Å². The summed E-state index contributed by atoms with van der Waals surface area (Å²) < 4.78 is 11.9. The Morgan fingerprint density at radius 2 is 2.00 bits per heavy atom. The zero-order valence-corrected chi connectivity index (χ0v) is 15.1. The quantitative estimate of drug-likeness (QED) is 0.703. The molecule has 7 nitrogen and oxygen atoms in total. The fraction of sp³-hybridized carbons (Fsp3) is 0.333. The lowest BCUT2D eigenvalue weighted by Crippen LogP contribution is -2.44. The third-order valence-corrected chi connectivity index (χ3v) is 5.28. The summed E-state index contributed by atoms with van der Waals surface area (Å²) in [4.78, 5) is 19.1. The molecule has 1 atom stereocenters. The van der Waals surface area contributed by atoms with E-state index in [2.05, 4.69) is 15.2 Å². The Hall–Kier alpha value is -2.74. The van der Waals surface area contributed by atoms with Gasteiger partial charge in [-0.2, -0.15) is 0 Å². The van der Waals surface area contributed by atoms with Gasteiger partial charge in [0.25, 0.3) is 5.91 Å². The van der Waals surface area contributed by atoms with Gasteiger partial charge in [0.15, 0.2) is 5.01 Å². The number of fused-ring (bicyclic) bond motifs is 1. The Bertz CT molecular complexity index is 879. The topological polar surface area (TPSA) is 77.4 Å². The predicted octanol–water partition coefficient (Wildman–Crippen LogP) is 2.78. The zero-order valence-electron chi connectivity index (χ0n) is 14.3. The van der Waals surface area contributed by atoms with Crippen molar-refractivity contribution in [3.05, 3.63) is 41.4 Å². The molecular formula is C18H18N4O3S. The minimum absolute atomic E-state index is 0.0414. The first-order valence-corrected chi connectivity index (χ1v) is 9.24. The van der Waals surface area contributed by atoms with Crippen molar-refractivity contribution in [2.24, 2.45) is 0 Å². The number of ether oxygens (including phenoxy) is 2. The van der Waals surface area contributed by atoms with Crippen molar-refractivity contribution in [1.82, 2.24) is 20.1 Å². The van der Waals surface area contributed by atoms with Gasteiger partial charge in [-0.1, -0.05) is 12.1 Å². The monoisotopic (exact) mass is 370 g/mol. The number of carbonyl (C=O) groups is 1. The van der Waals surface area contributed by atoms with Crippen LogP contribution in [-0.4, -0.2) is 52.3 Å². The van der Waals surface area contributed by atoms with Gasteiger partial charge in [0.1, 0.15) is 6.10 Å². The highest BCUT2D eigenvalue weighted by Gasteiger charge is 2.27. The van der Waals surface area contributed by atoms with Crippen molar-refractivity contribution in [1.29, 1.82) is 0 Å². The fourth-order valence-corrected chi connectivity index (χ4v) is 3.90. The SMILES string of the molecule is COc1ccc(OC2CCCN(C(=O)c3nc4ccccc4s3)C2)nn1. The van der Waals surface area contributed by atoms with Gasteiger partial charge in [-0.15, -0.1) is 21.5 Å². The number of hydrogen-bond acceptors (Lipinski definition) is 7. The van der Waals surface area contributed by atoms with Crippen LogP contribution in [0.25, 0.3) is 10.2 Å². The van der Waals surface area contributed by atoms with Crippen LogP contribution in [0.4, 0.5) is 0 Å². The molecule has 3 heterocycles. The summed E-state index contributed by atoms with van der Waals surface area (Å²) in [6.45, 7) is 1.23. The van der Waals surface area contributed by atoms with Gasteiger partial charge in [0, 0.05) is 18.7 Å². The number of aromatic nitrogens is 3. The summed E-state index contributed by atoms with van der Waals surface area (Å²) in [7, 11) is 1.54. The van der Waals surface area contributed by atoms with Gasteiger partial charge in [-0.25, -0.2) is 4.98 Å². The highest BCUT2D eigenvalue weighted by Crippen LogP contribution is 2.24. The number of hydrogen-bond donors (Lipinski definition) is 0. The lowest BCUT2D eigenvalue weighted by atomic mass is 10.1. The minimum atomic E-state index is -0.107. The predicted molar refractivity (Wildman–Crippen MR) is 97.8 cm³/mol. The normalized spacial score (nSPS) is 17.3. The number of para-hydroxylation sites is 1. The molecule has 0 spiro atoms. The molecule has 0 saturated carbocycles. The van der Waals surface area contributed by atoms with E-state index in [0.717, 1.165) is 23.1 Å². The van der Waals surface area contributed by atoms with Crippen LogP contribution < -0.4 is 9.47 Å². The molecule has 3 aromatic rings. The van der Waals surface area contributed by atoms with Gasteiger partial charge in [-0.05, 0) is 25.0 Å². The van der Waals surface area contributed by atoms with E-state index in [1.165, 1.54) is 18.4 Å². The molecule has 134 valence electrons. The second-order valence-corrected chi connectivity index (χ2v) is 7.06. The maximum Gasteiger partial charge on any atom is 0.282 e. The molecule has 1 amide bonds. The van der Waals surface area contributed by atoms with Crippen LogP contribution in [0.2, 0.25) is 0 Å². The Labute approximate surface area is 154 Å². The summed E-state index contributed by atoms with van der Waals surface area (Å²) in [5.74, 6) is 0.832. The number of piperidine rings is 1. The average molecular weight is 370 g/mol. The Kier molecular flexibility index (Phi) is 4.66. The van der Waals surface area contributed by atoms with E-state index in [4.69, 9.17) is 9.47 Å². The van der Waals surface area contributed by atoms with E-state index < -0.39 is 0 Å². The van der Waals surface area contributed by atoms with Gasteiger partial charge in [0.05, 0.1) is 23.9 Å². The third kappa shape index (κ3) is 3.45. The summed E-state index contributed by atoms with van der Waals surface area (Å²) in [6.07, 6.45) is 1.65. The van der Waals surface area contributed by atoms with Crippen LogP contribution in [0, 0.1) is 0 Å². The first-order valence-electron chi connectivity index (χ1n) is 8.42. The van der Waals surface area contributed by atoms with E-state index in [-0.39, 0.29) is 12.0 Å². The molecule has 26 heavy (non-hydrogen) atoms. The van der Waals surface area contributed by atoms with Gasteiger partial charge in [0.2, 0.25) is 11.8 Å². The number of thiazole rings is 1. The van der Waals surface area contributed by atoms with E-state index in [1.54, 1.807) is 12.1 Å². The number of benzene rings is 1. The lowest BCUT2D eigenvalue weighted by Gasteiger charge is -2.32. The zero-order chi connectivity index (χ0) is 17.9. The van der Waals surface area contributed by atoms with Crippen molar-refractivity contribution >= 4 is 27.5 Å². The largest absolute Gasteiger partial charge is 0.480 e. The van der Waals surface area contributed by atoms with E-state index >= 15 is 0 Å². The molecule has 0 aliphatic carbocycles.